The number of fused-ring (bicyclic) bond motifs is 1. The van der Waals surface area contributed by atoms with Gasteiger partial charge in [0.15, 0.2) is 0 Å². The molecule has 100 valence electrons. The fourth-order valence-corrected chi connectivity index (χ4v) is 2.59. The van der Waals surface area contributed by atoms with Crippen LogP contribution >= 0.6 is 0 Å². The molecule has 0 aromatic heterocycles. The number of anilines is 2. The molecule has 1 aromatic rings. The van der Waals surface area contributed by atoms with E-state index in [1.165, 1.54) is 5.56 Å². The highest BCUT2D eigenvalue weighted by Gasteiger charge is 2.27. The van der Waals surface area contributed by atoms with E-state index in [-0.39, 0.29) is 17.9 Å². The molecule has 2 aliphatic heterocycles. The zero-order chi connectivity index (χ0) is 13.2. The van der Waals surface area contributed by atoms with Crippen molar-refractivity contribution in [2.75, 3.05) is 17.2 Å². The van der Waals surface area contributed by atoms with Gasteiger partial charge in [-0.15, -0.1) is 0 Å². The van der Waals surface area contributed by atoms with Crippen molar-refractivity contribution in [3.05, 3.63) is 23.8 Å². The number of carbonyl (C=O) groups is 2. The SMILES string of the molecule is O=C1CC[C@@H](C(=O)Nc2ccc3c(c2)CCCN3)N1. The third kappa shape index (κ3) is 2.54. The molecule has 1 aromatic carbocycles. The van der Waals surface area contributed by atoms with Crippen LogP contribution in [0.1, 0.15) is 24.8 Å². The van der Waals surface area contributed by atoms with Crippen LogP contribution in [0.15, 0.2) is 18.2 Å². The summed E-state index contributed by atoms with van der Waals surface area (Å²) in [4.78, 5) is 23.1. The summed E-state index contributed by atoms with van der Waals surface area (Å²) in [6.07, 6.45) is 3.17. The molecule has 1 saturated heterocycles. The summed E-state index contributed by atoms with van der Waals surface area (Å²) in [5, 5.41) is 8.88. The van der Waals surface area contributed by atoms with Crippen LogP contribution in [0.4, 0.5) is 11.4 Å². The lowest BCUT2D eigenvalue weighted by atomic mass is 10.0. The predicted octanol–water partition coefficient (Wildman–Crippen LogP) is 1.26. The summed E-state index contributed by atoms with van der Waals surface area (Å²) >= 11 is 0. The van der Waals surface area contributed by atoms with E-state index in [0.717, 1.165) is 30.8 Å². The fraction of sp³-hybridized carbons (Fsp3) is 0.429. The number of benzene rings is 1. The maximum Gasteiger partial charge on any atom is 0.246 e. The molecule has 0 spiro atoms. The van der Waals surface area contributed by atoms with E-state index < -0.39 is 0 Å². The van der Waals surface area contributed by atoms with Crippen molar-refractivity contribution in [3.8, 4) is 0 Å². The summed E-state index contributed by atoms with van der Waals surface area (Å²) in [5.41, 5.74) is 3.19. The van der Waals surface area contributed by atoms with Gasteiger partial charge in [0.25, 0.3) is 0 Å². The lowest BCUT2D eigenvalue weighted by Crippen LogP contribution is -2.37. The Morgan fingerprint density at radius 3 is 3.00 bits per heavy atom. The lowest BCUT2D eigenvalue weighted by Gasteiger charge is -2.19. The first-order valence-electron chi connectivity index (χ1n) is 6.69. The van der Waals surface area contributed by atoms with Crippen LogP contribution in [0.25, 0.3) is 0 Å². The summed E-state index contributed by atoms with van der Waals surface area (Å²) in [5.74, 6) is -0.177. The quantitative estimate of drug-likeness (QED) is 0.749. The van der Waals surface area contributed by atoms with Gasteiger partial charge in [0, 0.05) is 24.3 Å². The van der Waals surface area contributed by atoms with Crippen molar-refractivity contribution in [2.24, 2.45) is 0 Å². The molecule has 0 radical (unpaired) electrons. The summed E-state index contributed by atoms with van der Waals surface area (Å²) < 4.78 is 0. The van der Waals surface area contributed by atoms with Gasteiger partial charge < -0.3 is 16.0 Å². The van der Waals surface area contributed by atoms with Gasteiger partial charge in [-0.25, -0.2) is 0 Å². The Balaban J connectivity index is 1.69. The maximum absolute atomic E-state index is 12.0. The Bertz CT molecular complexity index is 527. The summed E-state index contributed by atoms with van der Waals surface area (Å²) in [6.45, 7) is 1.01. The molecule has 0 aliphatic carbocycles. The molecule has 2 amide bonds. The van der Waals surface area contributed by atoms with Gasteiger partial charge in [-0.05, 0) is 43.0 Å². The largest absolute Gasteiger partial charge is 0.385 e. The van der Waals surface area contributed by atoms with Crippen LogP contribution in [-0.4, -0.2) is 24.4 Å². The molecule has 5 nitrogen and oxygen atoms in total. The van der Waals surface area contributed by atoms with Gasteiger partial charge in [-0.3, -0.25) is 9.59 Å². The summed E-state index contributed by atoms with van der Waals surface area (Å²) in [7, 11) is 0. The van der Waals surface area contributed by atoms with Crippen LogP contribution in [-0.2, 0) is 16.0 Å². The third-order valence-electron chi connectivity index (χ3n) is 3.62. The second-order valence-electron chi connectivity index (χ2n) is 5.05. The molecule has 19 heavy (non-hydrogen) atoms. The van der Waals surface area contributed by atoms with E-state index >= 15 is 0 Å². The van der Waals surface area contributed by atoms with Crippen molar-refractivity contribution in [1.82, 2.24) is 5.32 Å². The van der Waals surface area contributed by atoms with E-state index in [1.54, 1.807) is 0 Å². The van der Waals surface area contributed by atoms with Crippen LogP contribution in [0.3, 0.4) is 0 Å². The molecule has 0 saturated carbocycles. The van der Waals surface area contributed by atoms with Gasteiger partial charge >= 0.3 is 0 Å². The highest BCUT2D eigenvalue weighted by molar-refractivity contribution is 5.99. The molecule has 2 aliphatic rings. The molecule has 0 unspecified atom stereocenters. The highest BCUT2D eigenvalue weighted by Crippen LogP contribution is 2.25. The number of carbonyl (C=O) groups excluding carboxylic acids is 2. The van der Waals surface area contributed by atoms with Crippen molar-refractivity contribution in [1.29, 1.82) is 0 Å². The number of hydrogen-bond acceptors (Lipinski definition) is 3. The molecule has 3 N–H and O–H groups in total. The van der Waals surface area contributed by atoms with Crippen LogP contribution in [0.5, 0.6) is 0 Å². The first-order chi connectivity index (χ1) is 9.22. The van der Waals surface area contributed by atoms with E-state index in [1.807, 2.05) is 18.2 Å². The lowest BCUT2D eigenvalue weighted by molar-refractivity contribution is -0.122. The number of aryl methyl sites for hydroxylation is 1. The monoisotopic (exact) mass is 259 g/mol. The normalized spacial score (nSPS) is 21.3. The van der Waals surface area contributed by atoms with Crippen molar-refractivity contribution in [3.63, 3.8) is 0 Å². The molecule has 2 heterocycles. The first-order valence-corrected chi connectivity index (χ1v) is 6.69. The van der Waals surface area contributed by atoms with Crippen molar-refractivity contribution >= 4 is 23.2 Å². The van der Waals surface area contributed by atoms with Crippen LogP contribution in [0.2, 0.25) is 0 Å². The Morgan fingerprint density at radius 1 is 1.32 bits per heavy atom. The van der Waals surface area contributed by atoms with Gasteiger partial charge in [0.2, 0.25) is 11.8 Å². The van der Waals surface area contributed by atoms with Gasteiger partial charge in [-0.1, -0.05) is 0 Å². The number of rotatable bonds is 2. The molecule has 1 atom stereocenters. The molecule has 3 rings (SSSR count). The average Bonchev–Trinajstić information content (AvgIpc) is 2.85. The minimum Gasteiger partial charge on any atom is -0.385 e. The van der Waals surface area contributed by atoms with Gasteiger partial charge in [-0.2, -0.15) is 0 Å². The van der Waals surface area contributed by atoms with Crippen molar-refractivity contribution in [2.45, 2.75) is 31.7 Å². The van der Waals surface area contributed by atoms with Crippen LogP contribution < -0.4 is 16.0 Å². The molecule has 5 heteroatoms. The second-order valence-corrected chi connectivity index (χ2v) is 5.05. The Hall–Kier alpha value is -2.04. The van der Waals surface area contributed by atoms with E-state index in [9.17, 15) is 9.59 Å². The molecule has 1 fully saturated rings. The number of amides is 2. The Labute approximate surface area is 111 Å². The first kappa shape index (κ1) is 12.0. The number of hydrogen-bond donors (Lipinski definition) is 3. The van der Waals surface area contributed by atoms with E-state index in [0.29, 0.717) is 12.8 Å². The Morgan fingerprint density at radius 2 is 2.21 bits per heavy atom. The summed E-state index contributed by atoms with van der Waals surface area (Å²) in [6, 6.07) is 5.51. The fourth-order valence-electron chi connectivity index (χ4n) is 2.59. The maximum atomic E-state index is 12.0. The minimum absolute atomic E-state index is 0.0465. The topological polar surface area (TPSA) is 70.2 Å². The van der Waals surface area contributed by atoms with Gasteiger partial charge in [0.05, 0.1) is 0 Å². The Kier molecular flexibility index (Phi) is 3.11. The smallest absolute Gasteiger partial charge is 0.246 e. The standard InChI is InChI=1S/C14H17N3O2/c18-13-6-5-12(17-13)14(19)16-10-3-4-11-9(8-10)2-1-7-15-11/h3-4,8,12,15H,1-2,5-7H2,(H,16,19)(H,17,18)/t12-/m0/s1. The minimum atomic E-state index is -0.387. The molecule has 0 bridgehead atoms. The second kappa shape index (κ2) is 4.91. The average molecular weight is 259 g/mol. The number of nitrogens with one attached hydrogen (secondary N) is 3. The highest BCUT2D eigenvalue weighted by atomic mass is 16.2. The third-order valence-corrected chi connectivity index (χ3v) is 3.62. The predicted molar refractivity (Wildman–Crippen MR) is 73.0 cm³/mol. The zero-order valence-corrected chi connectivity index (χ0v) is 10.7. The van der Waals surface area contributed by atoms with Gasteiger partial charge in [0.1, 0.15) is 6.04 Å². The van der Waals surface area contributed by atoms with Crippen LogP contribution in [0, 0.1) is 0 Å². The van der Waals surface area contributed by atoms with Crippen molar-refractivity contribution < 1.29 is 9.59 Å². The molecular formula is C14H17N3O2. The van der Waals surface area contributed by atoms with E-state index in [2.05, 4.69) is 16.0 Å². The van der Waals surface area contributed by atoms with E-state index in [4.69, 9.17) is 0 Å². The zero-order valence-electron chi connectivity index (χ0n) is 10.7. The molecular weight excluding hydrogens is 242 g/mol.